The second-order valence-corrected chi connectivity index (χ2v) is 7.59. The molecule has 3 rings (SSSR count). The van der Waals surface area contributed by atoms with Gasteiger partial charge < -0.3 is 10.2 Å². The number of rotatable bonds is 2. The minimum atomic E-state index is -3.03. The molecule has 2 saturated heterocycles. The third-order valence-electron chi connectivity index (χ3n) is 3.79. The number of nitrogens with one attached hydrogen (secondary N) is 1. The summed E-state index contributed by atoms with van der Waals surface area (Å²) in [5.74, 6) is -0.214. The van der Waals surface area contributed by atoms with Crippen LogP contribution in [-0.4, -0.2) is 71.4 Å². The predicted molar refractivity (Wildman–Crippen MR) is 71.1 cm³/mol. The van der Waals surface area contributed by atoms with Gasteiger partial charge in [0.2, 0.25) is 0 Å². The standard InChI is InChI=1S/C11H17N5O3S/c1-8-7-20(18,19)3-2-15(8)11(17)10-6-16(14-13-10)9-4-12-5-9/h6,8-9,12H,2-5,7H2,1H3. The molecule has 0 radical (unpaired) electrons. The molecule has 1 aromatic rings. The molecule has 1 amide bonds. The van der Waals surface area contributed by atoms with Gasteiger partial charge >= 0.3 is 0 Å². The van der Waals surface area contributed by atoms with Gasteiger partial charge in [-0.3, -0.25) is 4.79 Å². The Morgan fingerprint density at radius 2 is 2.20 bits per heavy atom. The van der Waals surface area contributed by atoms with Crippen LogP contribution in [0.2, 0.25) is 0 Å². The van der Waals surface area contributed by atoms with Gasteiger partial charge in [-0.1, -0.05) is 5.21 Å². The Kier molecular flexibility index (Phi) is 3.25. The largest absolute Gasteiger partial charge is 0.332 e. The van der Waals surface area contributed by atoms with E-state index in [9.17, 15) is 13.2 Å². The summed E-state index contributed by atoms with van der Waals surface area (Å²) >= 11 is 0. The first-order valence-corrected chi connectivity index (χ1v) is 8.42. The van der Waals surface area contributed by atoms with E-state index in [1.165, 1.54) is 0 Å². The Hall–Kier alpha value is -1.48. The Labute approximate surface area is 117 Å². The van der Waals surface area contributed by atoms with Crippen molar-refractivity contribution in [2.75, 3.05) is 31.1 Å². The smallest absolute Gasteiger partial charge is 0.276 e. The highest BCUT2D eigenvalue weighted by Crippen LogP contribution is 2.16. The number of sulfone groups is 1. The lowest BCUT2D eigenvalue weighted by atomic mass is 10.2. The lowest BCUT2D eigenvalue weighted by Gasteiger charge is -2.32. The molecule has 2 aliphatic rings. The van der Waals surface area contributed by atoms with Gasteiger partial charge in [-0.2, -0.15) is 0 Å². The van der Waals surface area contributed by atoms with E-state index < -0.39 is 9.84 Å². The second-order valence-electron chi connectivity index (χ2n) is 5.36. The molecule has 0 bridgehead atoms. The van der Waals surface area contributed by atoms with E-state index in [2.05, 4.69) is 15.6 Å². The zero-order valence-electron chi connectivity index (χ0n) is 11.2. The zero-order valence-corrected chi connectivity index (χ0v) is 12.0. The molecule has 0 aliphatic carbocycles. The van der Waals surface area contributed by atoms with E-state index >= 15 is 0 Å². The maximum atomic E-state index is 12.4. The molecule has 1 atom stereocenters. The first-order valence-electron chi connectivity index (χ1n) is 6.60. The third kappa shape index (κ3) is 2.42. The van der Waals surface area contributed by atoms with Crippen molar-refractivity contribution in [2.45, 2.75) is 19.0 Å². The molecule has 9 heteroatoms. The lowest BCUT2D eigenvalue weighted by molar-refractivity contribution is 0.0706. The maximum Gasteiger partial charge on any atom is 0.276 e. The molecule has 110 valence electrons. The van der Waals surface area contributed by atoms with Gasteiger partial charge in [-0.25, -0.2) is 13.1 Å². The topological polar surface area (TPSA) is 97.2 Å². The van der Waals surface area contributed by atoms with Crippen molar-refractivity contribution in [2.24, 2.45) is 0 Å². The van der Waals surface area contributed by atoms with Gasteiger partial charge in [0.05, 0.1) is 23.7 Å². The minimum absolute atomic E-state index is 0.0133. The average Bonchev–Trinajstić information content (AvgIpc) is 2.74. The van der Waals surface area contributed by atoms with E-state index in [0.29, 0.717) is 0 Å². The van der Waals surface area contributed by atoms with Crippen molar-refractivity contribution in [3.05, 3.63) is 11.9 Å². The monoisotopic (exact) mass is 299 g/mol. The van der Waals surface area contributed by atoms with Crippen LogP contribution in [0.4, 0.5) is 0 Å². The number of carbonyl (C=O) groups excluding carboxylic acids is 1. The number of nitrogens with zero attached hydrogens (tertiary/aromatic N) is 4. The molecule has 0 spiro atoms. The fraction of sp³-hybridized carbons (Fsp3) is 0.727. The average molecular weight is 299 g/mol. The fourth-order valence-corrected chi connectivity index (χ4v) is 4.02. The van der Waals surface area contributed by atoms with Gasteiger partial charge in [0.1, 0.15) is 0 Å². The zero-order chi connectivity index (χ0) is 14.3. The maximum absolute atomic E-state index is 12.4. The summed E-state index contributed by atoms with van der Waals surface area (Å²) in [5, 5.41) is 11.0. The number of aromatic nitrogens is 3. The van der Waals surface area contributed by atoms with Crippen molar-refractivity contribution >= 4 is 15.7 Å². The summed E-state index contributed by atoms with van der Waals surface area (Å²) in [6, 6.07) is -0.0695. The summed E-state index contributed by atoms with van der Waals surface area (Å²) < 4.78 is 24.7. The molecule has 1 aromatic heterocycles. The molecule has 20 heavy (non-hydrogen) atoms. The van der Waals surface area contributed by atoms with Gasteiger partial charge in [0, 0.05) is 25.7 Å². The molecular weight excluding hydrogens is 282 g/mol. The second kappa shape index (κ2) is 4.81. The molecule has 0 saturated carbocycles. The number of carbonyl (C=O) groups is 1. The highest BCUT2D eigenvalue weighted by molar-refractivity contribution is 7.91. The van der Waals surface area contributed by atoms with Gasteiger partial charge in [0.25, 0.3) is 5.91 Å². The highest BCUT2D eigenvalue weighted by Gasteiger charge is 2.33. The molecule has 0 aromatic carbocycles. The Morgan fingerprint density at radius 1 is 1.45 bits per heavy atom. The summed E-state index contributed by atoms with van der Waals surface area (Å²) in [6.07, 6.45) is 1.64. The van der Waals surface area contributed by atoms with Crippen LogP contribution in [0.3, 0.4) is 0 Å². The molecular formula is C11H17N5O3S. The first-order chi connectivity index (χ1) is 9.46. The lowest BCUT2D eigenvalue weighted by Crippen LogP contribution is -2.49. The first kappa shape index (κ1) is 13.5. The molecule has 3 heterocycles. The predicted octanol–water partition coefficient (Wildman–Crippen LogP) is -1.32. The molecule has 1 unspecified atom stereocenters. The minimum Gasteiger partial charge on any atom is -0.332 e. The van der Waals surface area contributed by atoms with E-state index in [-0.39, 0.29) is 41.7 Å². The van der Waals surface area contributed by atoms with Crippen molar-refractivity contribution in [3.8, 4) is 0 Å². The van der Waals surface area contributed by atoms with Crippen LogP contribution in [0.25, 0.3) is 0 Å². The van der Waals surface area contributed by atoms with E-state index in [0.717, 1.165) is 13.1 Å². The van der Waals surface area contributed by atoms with Crippen LogP contribution in [0.5, 0.6) is 0 Å². The molecule has 8 nitrogen and oxygen atoms in total. The Balaban J connectivity index is 1.73. The van der Waals surface area contributed by atoms with Crippen molar-refractivity contribution in [3.63, 3.8) is 0 Å². The normalized spacial score (nSPS) is 26.2. The van der Waals surface area contributed by atoms with Crippen LogP contribution < -0.4 is 5.32 Å². The number of hydrogen-bond acceptors (Lipinski definition) is 6. The Morgan fingerprint density at radius 3 is 2.80 bits per heavy atom. The van der Waals surface area contributed by atoms with Crippen LogP contribution in [0.1, 0.15) is 23.5 Å². The van der Waals surface area contributed by atoms with Crippen molar-refractivity contribution in [1.82, 2.24) is 25.2 Å². The molecule has 2 aliphatic heterocycles. The van der Waals surface area contributed by atoms with Crippen LogP contribution in [0, 0.1) is 0 Å². The summed E-state index contributed by atoms with van der Waals surface area (Å²) in [5.41, 5.74) is 0.281. The number of hydrogen-bond donors (Lipinski definition) is 1. The SMILES string of the molecule is CC1CS(=O)(=O)CCN1C(=O)c1cn(C2CNC2)nn1. The van der Waals surface area contributed by atoms with Gasteiger partial charge in [0.15, 0.2) is 15.5 Å². The summed E-state index contributed by atoms with van der Waals surface area (Å²) in [4.78, 5) is 13.9. The quantitative estimate of drug-likeness (QED) is 0.727. The Bertz CT molecular complexity index is 622. The van der Waals surface area contributed by atoms with Crippen molar-refractivity contribution in [1.29, 1.82) is 0 Å². The molecule has 1 N–H and O–H groups in total. The summed E-state index contributed by atoms with van der Waals surface area (Å²) in [6.45, 7) is 3.62. The van der Waals surface area contributed by atoms with E-state index in [1.807, 2.05) is 0 Å². The van der Waals surface area contributed by atoms with Crippen LogP contribution >= 0.6 is 0 Å². The number of amides is 1. The summed E-state index contributed by atoms with van der Waals surface area (Å²) in [7, 11) is -3.03. The van der Waals surface area contributed by atoms with E-state index in [1.54, 1.807) is 22.7 Å². The van der Waals surface area contributed by atoms with Gasteiger partial charge in [-0.05, 0) is 6.92 Å². The highest BCUT2D eigenvalue weighted by atomic mass is 32.2. The van der Waals surface area contributed by atoms with E-state index in [4.69, 9.17) is 0 Å². The third-order valence-corrected chi connectivity index (χ3v) is 5.59. The van der Waals surface area contributed by atoms with Crippen LogP contribution in [0.15, 0.2) is 6.20 Å². The van der Waals surface area contributed by atoms with Gasteiger partial charge in [-0.15, -0.1) is 5.10 Å². The fourth-order valence-electron chi connectivity index (χ4n) is 2.46. The van der Waals surface area contributed by atoms with Crippen molar-refractivity contribution < 1.29 is 13.2 Å². The molecule has 2 fully saturated rings. The van der Waals surface area contributed by atoms with Crippen LogP contribution in [-0.2, 0) is 9.84 Å².